The molecule has 0 aliphatic rings. The number of nitrogens with zero attached hydrogens (tertiary/aromatic N) is 2. The van der Waals surface area contributed by atoms with Crippen LogP contribution in [0.3, 0.4) is 0 Å². The van der Waals surface area contributed by atoms with Gasteiger partial charge in [0.05, 0.1) is 19.0 Å². The van der Waals surface area contributed by atoms with Gasteiger partial charge in [0, 0.05) is 33.6 Å². The standard InChI is InChI=1S/C19H16N4OS/c1-24-18-9-5-3-7-15(18)17-12-25-19(22-17)23-21-11-13-10-20-16-8-4-2-6-14(13)16/h2-12,20H,1H3,(H,22,23)/b21-11-. The first-order valence-electron chi connectivity index (χ1n) is 7.79. The molecule has 0 saturated heterocycles. The summed E-state index contributed by atoms with van der Waals surface area (Å²) in [6, 6.07) is 16.0. The molecule has 0 aliphatic heterocycles. The second-order valence-electron chi connectivity index (χ2n) is 5.40. The molecule has 0 bridgehead atoms. The minimum absolute atomic E-state index is 0.733. The molecule has 0 unspecified atom stereocenters. The number of para-hydroxylation sites is 2. The number of H-pyrrole nitrogens is 1. The van der Waals surface area contributed by atoms with Crippen molar-refractivity contribution in [3.63, 3.8) is 0 Å². The first kappa shape index (κ1) is 15.4. The van der Waals surface area contributed by atoms with Crippen LogP contribution in [-0.2, 0) is 0 Å². The molecule has 0 spiro atoms. The summed E-state index contributed by atoms with van der Waals surface area (Å²) < 4.78 is 5.39. The van der Waals surface area contributed by atoms with Gasteiger partial charge in [-0.25, -0.2) is 4.98 Å². The topological polar surface area (TPSA) is 62.3 Å². The van der Waals surface area contributed by atoms with E-state index in [4.69, 9.17) is 4.74 Å². The summed E-state index contributed by atoms with van der Waals surface area (Å²) in [4.78, 5) is 7.81. The summed E-state index contributed by atoms with van der Waals surface area (Å²) >= 11 is 1.51. The van der Waals surface area contributed by atoms with Crippen LogP contribution in [0, 0.1) is 0 Å². The lowest BCUT2D eigenvalue weighted by atomic mass is 10.1. The molecule has 0 fully saturated rings. The van der Waals surface area contributed by atoms with Crippen LogP contribution in [0.25, 0.3) is 22.2 Å². The Hall–Kier alpha value is -3.12. The van der Waals surface area contributed by atoms with Gasteiger partial charge in [0.15, 0.2) is 0 Å². The molecule has 2 aromatic carbocycles. The lowest BCUT2D eigenvalue weighted by Gasteiger charge is -2.04. The van der Waals surface area contributed by atoms with Crippen molar-refractivity contribution in [2.75, 3.05) is 12.5 Å². The number of hydrogen-bond donors (Lipinski definition) is 2. The second kappa shape index (κ2) is 6.78. The molecular weight excluding hydrogens is 332 g/mol. The van der Waals surface area contributed by atoms with Gasteiger partial charge in [-0.2, -0.15) is 5.10 Å². The van der Waals surface area contributed by atoms with E-state index in [1.165, 1.54) is 11.3 Å². The van der Waals surface area contributed by atoms with E-state index < -0.39 is 0 Å². The van der Waals surface area contributed by atoms with E-state index in [-0.39, 0.29) is 0 Å². The number of thiazole rings is 1. The predicted molar refractivity (Wildman–Crippen MR) is 104 cm³/mol. The molecular formula is C19H16N4OS. The number of aromatic nitrogens is 2. The predicted octanol–water partition coefficient (Wildman–Crippen LogP) is 4.75. The van der Waals surface area contributed by atoms with Gasteiger partial charge in [-0.05, 0) is 18.2 Å². The number of benzene rings is 2. The Morgan fingerprint density at radius 2 is 2.00 bits per heavy atom. The average molecular weight is 348 g/mol. The number of anilines is 1. The van der Waals surface area contributed by atoms with Crippen LogP contribution >= 0.6 is 11.3 Å². The molecule has 4 rings (SSSR count). The molecule has 124 valence electrons. The number of ether oxygens (including phenoxy) is 1. The maximum atomic E-state index is 5.39. The van der Waals surface area contributed by atoms with Crippen LogP contribution in [0.4, 0.5) is 5.13 Å². The third-order valence-electron chi connectivity index (χ3n) is 3.87. The van der Waals surface area contributed by atoms with Gasteiger partial charge in [0.25, 0.3) is 0 Å². The van der Waals surface area contributed by atoms with Crippen molar-refractivity contribution >= 4 is 33.6 Å². The van der Waals surface area contributed by atoms with Gasteiger partial charge in [0.2, 0.25) is 5.13 Å². The molecule has 0 saturated carbocycles. The van der Waals surface area contributed by atoms with Crippen LogP contribution in [0.15, 0.2) is 65.2 Å². The number of aromatic amines is 1. The molecule has 0 radical (unpaired) electrons. The second-order valence-corrected chi connectivity index (χ2v) is 6.26. The Kier molecular flexibility index (Phi) is 4.18. The molecule has 6 heteroatoms. The van der Waals surface area contributed by atoms with Crippen LogP contribution in [0.1, 0.15) is 5.56 Å². The molecule has 0 aliphatic carbocycles. The number of hydrogen-bond acceptors (Lipinski definition) is 5. The minimum Gasteiger partial charge on any atom is -0.496 e. The summed E-state index contributed by atoms with van der Waals surface area (Å²) in [7, 11) is 1.66. The van der Waals surface area contributed by atoms with Crippen molar-refractivity contribution < 1.29 is 4.74 Å². The highest BCUT2D eigenvalue weighted by Gasteiger charge is 2.09. The van der Waals surface area contributed by atoms with Crippen molar-refractivity contribution in [2.45, 2.75) is 0 Å². The van der Waals surface area contributed by atoms with Gasteiger partial charge in [-0.3, -0.25) is 5.43 Å². The van der Waals surface area contributed by atoms with Crippen molar-refractivity contribution in [3.8, 4) is 17.0 Å². The lowest BCUT2D eigenvalue weighted by Crippen LogP contribution is -1.90. The molecule has 2 heterocycles. The Labute approximate surface area is 149 Å². The van der Waals surface area contributed by atoms with Gasteiger partial charge in [-0.1, -0.05) is 30.3 Å². The van der Waals surface area contributed by atoms with E-state index in [9.17, 15) is 0 Å². The number of methoxy groups -OCH3 is 1. The fraction of sp³-hybridized carbons (Fsp3) is 0.0526. The maximum Gasteiger partial charge on any atom is 0.203 e. The molecule has 25 heavy (non-hydrogen) atoms. The number of fused-ring (bicyclic) bond motifs is 1. The zero-order chi connectivity index (χ0) is 17.1. The van der Waals surface area contributed by atoms with Crippen molar-refractivity contribution in [1.29, 1.82) is 0 Å². The Morgan fingerprint density at radius 3 is 2.92 bits per heavy atom. The number of hydrazone groups is 1. The van der Waals surface area contributed by atoms with Crippen molar-refractivity contribution in [2.24, 2.45) is 5.10 Å². The largest absolute Gasteiger partial charge is 0.496 e. The quantitative estimate of drug-likeness (QED) is 0.404. The van der Waals surface area contributed by atoms with Crippen LogP contribution in [-0.4, -0.2) is 23.3 Å². The number of nitrogens with one attached hydrogen (secondary N) is 2. The SMILES string of the molecule is COc1ccccc1-c1csc(N/N=C\c2c[nH]c3ccccc23)n1. The molecule has 5 nitrogen and oxygen atoms in total. The lowest BCUT2D eigenvalue weighted by molar-refractivity contribution is 0.416. The van der Waals surface area contributed by atoms with Crippen molar-refractivity contribution in [1.82, 2.24) is 9.97 Å². The van der Waals surface area contributed by atoms with Gasteiger partial charge in [0.1, 0.15) is 5.75 Å². The average Bonchev–Trinajstić information content (AvgIpc) is 3.29. The van der Waals surface area contributed by atoms with E-state index in [0.717, 1.165) is 38.6 Å². The van der Waals surface area contributed by atoms with E-state index in [1.807, 2.05) is 54.0 Å². The Morgan fingerprint density at radius 1 is 1.16 bits per heavy atom. The monoisotopic (exact) mass is 348 g/mol. The highest BCUT2D eigenvalue weighted by molar-refractivity contribution is 7.14. The summed E-state index contributed by atoms with van der Waals surface area (Å²) in [5.41, 5.74) is 6.96. The van der Waals surface area contributed by atoms with Gasteiger partial charge < -0.3 is 9.72 Å². The molecule has 2 aromatic heterocycles. The Balaban J connectivity index is 1.52. The third-order valence-corrected chi connectivity index (χ3v) is 4.62. The van der Waals surface area contributed by atoms with E-state index >= 15 is 0 Å². The van der Waals surface area contributed by atoms with Gasteiger partial charge in [-0.15, -0.1) is 11.3 Å². The van der Waals surface area contributed by atoms with E-state index in [0.29, 0.717) is 0 Å². The van der Waals surface area contributed by atoms with Crippen LogP contribution in [0.2, 0.25) is 0 Å². The smallest absolute Gasteiger partial charge is 0.203 e. The summed E-state index contributed by atoms with van der Waals surface area (Å²) in [6.07, 6.45) is 3.74. The van der Waals surface area contributed by atoms with Gasteiger partial charge >= 0.3 is 0 Å². The zero-order valence-electron chi connectivity index (χ0n) is 13.6. The zero-order valence-corrected chi connectivity index (χ0v) is 14.4. The molecule has 4 aromatic rings. The maximum absolute atomic E-state index is 5.39. The fourth-order valence-corrected chi connectivity index (χ4v) is 3.32. The molecule has 0 amide bonds. The highest BCUT2D eigenvalue weighted by Crippen LogP contribution is 2.31. The minimum atomic E-state index is 0.733. The summed E-state index contributed by atoms with van der Waals surface area (Å²) in [6.45, 7) is 0. The summed E-state index contributed by atoms with van der Waals surface area (Å²) in [5, 5.41) is 8.17. The third kappa shape index (κ3) is 3.12. The normalized spacial score (nSPS) is 11.2. The van der Waals surface area contributed by atoms with Crippen LogP contribution < -0.4 is 10.2 Å². The molecule has 2 N–H and O–H groups in total. The van der Waals surface area contributed by atoms with Crippen LogP contribution in [0.5, 0.6) is 5.75 Å². The fourth-order valence-electron chi connectivity index (χ4n) is 2.66. The molecule has 0 atom stereocenters. The summed E-state index contributed by atoms with van der Waals surface area (Å²) in [5.74, 6) is 0.807. The highest BCUT2D eigenvalue weighted by atomic mass is 32.1. The van der Waals surface area contributed by atoms with Crippen molar-refractivity contribution in [3.05, 3.63) is 65.7 Å². The number of rotatable bonds is 5. The Bertz CT molecular complexity index is 1030. The first-order valence-corrected chi connectivity index (χ1v) is 8.67. The van der Waals surface area contributed by atoms with E-state index in [1.54, 1.807) is 13.3 Å². The van der Waals surface area contributed by atoms with E-state index in [2.05, 4.69) is 26.6 Å². The first-order chi connectivity index (χ1) is 12.3.